The van der Waals surface area contributed by atoms with Gasteiger partial charge in [-0.25, -0.2) is 0 Å². The summed E-state index contributed by atoms with van der Waals surface area (Å²) < 4.78 is 1.21. The van der Waals surface area contributed by atoms with Gasteiger partial charge in [-0.05, 0) is 63.1 Å². The van der Waals surface area contributed by atoms with Crippen molar-refractivity contribution in [3.63, 3.8) is 0 Å². The number of thiophene rings is 2. The summed E-state index contributed by atoms with van der Waals surface area (Å²) in [6.07, 6.45) is 0. The van der Waals surface area contributed by atoms with Gasteiger partial charge in [0.2, 0.25) is 0 Å². The van der Waals surface area contributed by atoms with Crippen molar-refractivity contribution < 1.29 is 0 Å². The van der Waals surface area contributed by atoms with Gasteiger partial charge in [0, 0.05) is 21.9 Å². The zero-order valence-corrected chi connectivity index (χ0v) is 12.5. The van der Waals surface area contributed by atoms with Crippen LogP contribution in [0, 0.1) is 6.92 Å². The highest BCUT2D eigenvalue weighted by Crippen LogP contribution is 2.29. The van der Waals surface area contributed by atoms with E-state index in [4.69, 9.17) is 0 Å². The first-order chi connectivity index (χ1) is 7.68. The van der Waals surface area contributed by atoms with Crippen LogP contribution >= 0.6 is 38.6 Å². The van der Waals surface area contributed by atoms with E-state index in [1.54, 1.807) is 22.7 Å². The molecule has 0 fully saturated rings. The Morgan fingerprint density at radius 3 is 2.81 bits per heavy atom. The van der Waals surface area contributed by atoms with Crippen LogP contribution in [0.15, 0.2) is 26.7 Å². The van der Waals surface area contributed by atoms with Crippen molar-refractivity contribution in [2.24, 2.45) is 0 Å². The lowest BCUT2D eigenvalue weighted by molar-refractivity contribution is 0.581. The molecule has 0 aliphatic rings. The summed E-state index contributed by atoms with van der Waals surface area (Å²) in [5, 5.41) is 10.1. The summed E-state index contributed by atoms with van der Waals surface area (Å²) in [4.78, 5) is 1.37. The van der Waals surface area contributed by atoms with Crippen molar-refractivity contribution >= 4 is 38.6 Å². The molecule has 86 valence electrons. The number of nitrogens with one attached hydrogen (secondary N) is 1. The lowest BCUT2D eigenvalue weighted by Gasteiger charge is -2.12. The van der Waals surface area contributed by atoms with Crippen LogP contribution in [0.2, 0.25) is 0 Å². The summed E-state index contributed by atoms with van der Waals surface area (Å²) in [7, 11) is 0. The van der Waals surface area contributed by atoms with Gasteiger partial charge >= 0.3 is 0 Å². The van der Waals surface area contributed by atoms with E-state index in [1.807, 2.05) is 0 Å². The quantitative estimate of drug-likeness (QED) is 0.860. The van der Waals surface area contributed by atoms with Crippen molar-refractivity contribution in [2.75, 3.05) is 0 Å². The average Bonchev–Trinajstić information content (AvgIpc) is 2.84. The molecule has 2 heterocycles. The van der Waals surface area contributed by atoms with E-state index in [0.29, 0.717) is 6.04 Å². The normalized spacial score (nSPS) is 12.9. The van der Waals surface area contributed by atoms with Crippen molar-refractivity contribution in [3.05, 3.63) is 42.7 Å². The first-order valence-corrected chi connectivity index (χ1v) is 7.78. The minimum atomic E-state index is 0.397. The fraction of sp³-hybridized carbons (Fsp3) is 0.333. The number of aryl methyl sites for hydroxylation is 1. The van der Waals surface area contributed by atoms with Crippen LogP contribution in [0.3, 0.4) is 0 Å². The van der Waals surface area contributed by atoms with Gasteiger partial charge in [0.25, 0.3) is 0 Å². The lowest BCUT2D eigenvalue weighted by Crippen LogP contribution is -2.17. The number of hydrogen-bond donors (Lipinski definition) is 1. The van der Waals surface area contributed by atoms with E-state index in [-0.39, 0.29) is 0 Å². The molecule has 0 aliphatic heterocycles. The van der Waals surface area contributed by atoms with E-state index in [2.05, 4.69) is 57.3 Å². The second-order valence-electron chi connectivity index (χ2n) is 3.82. The van der Waals surface area contributed by atoms with Gasteiger partial charge in [-0.2, -0.15) is 11.3 Å². The molecular weight excluding hydrogens is 302 g/mol. The molecule has 1 nitrogen and oxygen atoms in total. The molecule has 1 atom stereocenters. The van der Waals surface area contributed by atoms with Gasteiger partial charge in [0.15, 0.2) is 0 Å². The molecule has 0 aromatic carbocycles. The van der Waals surface area contributed by atoms with Crippen molar-refractivity contribution in [2.45, 2.75) is 26.4 Å². The molecule has 1 unspecified atom stereocenters. The molecule has 2 aromatic rings. The van der Waals surface area contributed by atoms with Crippen LogP contribution in [0.4, 0.5) is 0 Å². The third-order valence-electron chi connectivity index (χ3n) is 2.60. The number of hydrogen-bond acceptors (Lipinski definition) is 3. The maximum absolute atomic E-state index is 3.57. The molecule has 0 amide bonds. The predicted octanol–water partition coefficient (Wildman–Crippen LogP) is 4.73. The first kappa shape index (κ1) is 12.3. The molecule has 1 N–H and O–H groups in total. The largest absolute Gasteiger partial charge is 0.305 e. The van der Waals surface area contributed by atoms with Crippen LogP contribution in [-0.2, 0) is 6.54 Å². The van der Waals surface area contributed by atoms with E-state index >= 15 is 0 Å². The van der Waals surface area contributed by atoms with Crippen molar-refractivity contribution in [1.29, 1.82) is 0 Å². The average molecular weight is 316 g/mol. The Kier molecular flexibility index (Phi) is 4.19. The second-order valence-corrected chi connectivity index (χ2v) is 6.36. The van der Waals surface area contributed by atoms with E-state index in [9.17, 15) is 0 Å². The topological polar surface area (TPSA) is 12.0 Å². The van der Waals surface area contributed by atoms with Gasteiger partial charge in [-0.3, -0.25) is 0 Å². The van der Waals surface area contributed by atoms with Crippen LogP contribution in [0.1, 0.15) is 29.0 Å². The number of halogens is 1. The molecule has 16 heavy (non-hydrogen) atoms. The van der Waals surface area contributed by atoms with Crippen molar-refractivity contribution in [3.8, 4) is 0 Å². The standard InChI is InChI=1S/C12H14BrNS2/c1-8-6-15-7-10(8)5-14-9(2)12-11(13)3-4-16-12/h3-4,6-7,9,14H,5H2,1-2H3. The molecule has 0 aliphatic carbocycles. The summed E-state index contributed by atoms with van der Waals surface area (Å²) in [6.45, 7) is 5.32. The van der Waals surface area contributed by atoms with Crippen LogP contribution in [0.5, 0.6) is 0 Å². The Bertz CT molecular complexity index is 461. The fourth-order valence-corrected chi connectivity index (χ4v) is 4.14. The minimum Gasteiger partial charge on any atom is -0.305 e. The molecular formula is C12H14BrNS2. The fourth-order valence-electron chi connectivity index (χ4n) is 1.54. The highest BCUT2D eigenvalue weighted by atomic mass is 79.9. The molecule has 0 saturated heterocycles. The van der Waals surface area contributed by atoms with Gasteiger partial charge in [-0.1, -0.05) is 0 Å². The zero-order valence-electron chi connectivity index (χ0n) is 9.29. The van der Waals surface area contributed by atoms with E-state index in [1.165, 1.54) is 20.5 Å². The Hall–Kier alpha value is -0.160. The molecule has 2 aromatic heterocycles. The maximum Gasteiger partial charge on any atom is 0.0400 e. The zero-order chi connectivity index (χ0) is 11.5. The monoisotopic (exact) mass is 315 g/mol. The molecule has 0 saturated carbocycles. The summed E-state index contributed by atoms with van der Waals surface area (Å²) in [5.41, 5.74) is 2.79. The Morgan fingerprint density at radius 1 is 1.44 bits per heavy atom. The van der Waals surface area contributed by atoms with Crippen LogP contribution < -0.4 is 5.32 Å². The van der Waals surface area contributed by atoms with Gasteiger partial charge < -0.3 is 5.32 Å². The number of rotatable bonds is 4. The van der Waals surface area contributed by atoms with Gasteiger partial charge in [-0.15, -0.1) is 11.3 Å². The molecule has 0 spiro atoms. The Balaban J connectivity index is 1.97. The molecule has 0 bridgehead atoms. The van der Waals surface area contributed by atoms with Gasteiger partial charge in [0.05, 0.1) is 0 Å². The highest BCUT2D eigenvalue weighted by molar-refractivity contribution is 9.10. The molecule has 4 heteroatoms. The summed E-state index contributed by atoms with van der Waals surface area (Å²) in [5.74, 6) is 0. The molecule has 2 rings (SSSR count). The third kappa shape index (κ3) is 2.74. The minimum absolute atomic E-state index is 0.397. The summed E-state index contributed by atoms with van der Waals surface area (Å²) >= 11 is 7.14. The highest BCUT2D eigenvalue weighted by Gasteiger charge is 2.10. The van der Waals surface area contributed by atoms with Gasteiger partial charge in [0.1, 0.15) is 0 Å². The second kappa shape index (κ2) is 5.45. The first-order valence-electron chi connectivity index (χ1n) is 5.16. The lowest BCUT2D eigenvalue weighted by atomic mass is 10.2. The predicted molar refractivity (Wildman–Crippen MR) is 76.3 cm³/mol. The van der Waals surface area contributed by atoms with E-state index in [0.717, 1.165) is 6.54 Å². The molecule has 0 radical (unpaired) electrons. The van der Waals surface area contributed by atoms with Crippen molar-refractivity contribution in [1.82, 2.24) is 5.32 Å². The Morgan fingerprint density at radius 2 is 2.25 bits per heavy atom. The van der Waals surface area contributed by atoms with Crippen LogP contribution in [0.25, 0.3) is 0 Å². The smallest absolute Gasteiger partial charge is 0.0400 e. The van der Waals surface area contributed by atoms with E-state index < -0.39 is 0 Å². The van der Waals surface area contributed by atoms with Crippen LogP contribution in [-0.4, -0.2) is 0 Å². The Labute approximate surface area is 113 Å². The SMILES string of the molecule is Cc1cscc1CNC(C)c1sccc1Br. The summed E-state index contributed by atoms with van der Waals surface area (Å²) in [6, 6.07) is 2.50. The third-order valence-corrected chi connectivity index (χ3v) is 5.56. The maximum atomic E-state index is 3.57.